The van der Waals surface area contributed by atoms with E-state index in [0.29, 0.717) is 19.3 Å². The van der Waals surface area contributed by atoms with Gasteiger partial charge in [-0.1, -0.05) is 23.8 Å². The predicted molar refractivity (Wildman–Crippen MR) is 114 cm³/mol. The van der Waals surface area contributed by atoms with Crippen LogP contribution < -0.4 is 10.0 Å². The van der Waals surface area contributed by atoms with E-state index in [9.17, 15) is 22.7 Å². The number of benzene rings is 2. The van der Waals surface area contributed by atoms with Crippen LogP contribution in [0.25, 0.3) is 0 Å². The Morgan fingerprint density at radius 1 is 1.19 bits per heavy atom. The summed E-state index contributed by atoms with van der Waals surface area (Å²) in [5.41, 5.74) is 1.17. The van der Waals surface area contributed by atoms with Gasteiger partial charge in [0, 0.05) is 12.1 Å². The van der Waals surface area contributed by atoms with Gasteiger partial charge in [0.15, 0.2) is 0 Å². The van der Waals surface area contributed by atoms with Gasteiger partial charge in [-0.3, -0.25) is 4.79 Å². The third kappa shape index (κ3) is 6.33. The maximum Gasteiger partial charge on any atom is 0.251 e. The van der Waals surface area contributed by atoms with Crippen molar-refractivity contribution in [1.82, 2.24) is 10.0 Å². The molecule has 1 heterocycles. The van der Waals surface area contributed by atoms with Crippen molar-refractivity contribution in [3.8, 4) is 0 Å². The molecule has 7 nitrogen and oxygen atoms in total. The van der Waals surface area contributed by atoms with Crippen molar-refractivity contribution < 1.29 is 27.4 Å². The van der Waals surface area contributed by atoms with Crippen LogP contribution in [-0.2, 0) is 14.8 Å². The third-order valence-electron chi connectivity index (χ3n) is 5.29. The molecule has 2 aromatic rings. The van der Waals surface area contributed by atoms with Crippen molar-refractivity contribution in [3.05, 3.63) is 65.5 Å². The molecule has 0 aliphatic carbocycles. The molecule has 1 fully saturated rings. The number of sulfonamides is 1. The van der Waals surface area contributed by atoms with Gasteiger partial charge in [-0.05, 0) is 56.5 Å². The second kappa shape index (κ2) is 10.3. The highest BCUT2D eigenvalue weighted by molar-refractivity contribution is 7.89. The number of rotatable bonds is 8. The zero-order chi connectivity index (χ0) is 22.4. The molecule has 0 radical (unpaired) electrons. The van der Waals surface area contributed by atoms with E-state index in [2.05, 4.69) is 10.0 Å². The quantitative estimate of drug-likeness (QED) is 0.572. The zero-order valence-corrected chi connectivity index (χ0v) is 18.1. The molecule has 9 heteroatoms. The van der Waals surface area contributed by atoms with E-state index < -0.39 is 33.9 Å². The fourth-order valence-electron chi connectivity index (χ4n) is 3.55. The molecule has 0 spiro atoms. The maximum atomic E-state index is 13.3. The van der Waals surface area contributed by atoms with Crippen LogP contribution >= 0.6 is 0 Å². The number of carbonyl (C=O) groups is 1. The van der Waals surface area contributed by atoms with Crippen molar-refractivity contribution in [2.24, 2.45) is 0 Å². The Balaban J connectivity index is 1.50. The molecular formula is C22H27FN2O5S. The van der Waals surface area contributed by atoms with E-state index in [1.54, 1.807) is 24.3 Å². The van der Waals surface area contributed by atoms with E-state index in [-0.39, 0.29) is 29.7 Å². The van der Waals surface area contributed by atoms with Crippen LogP contribution in [0.4, 0.5) is 4.39 Å². The van der Waals surface area contributed by atoms with Gasteiger partial charge < -0.3 is 15.2 Å². The highest BCUT2D eigenvalue weighted by Crippen LogP contribution is 2.22. The summed E-state index contributed by atoms with van der Waals surface area (Å²) >= 11 is 0. The molecule has 0 unspecified atom stereocenters. The van der Waals surface area contributed by atoms with Gasteiger partial charge >= 0.3 is 0 Å². The first-order valence-corrected chi connectivity index (χ1v) is 11.7. The van der Waals surface area contributed by atoms with Gasteiger partial charge in [0.25, 0.3) is 5.91 Å². The minimum atomic E-state index is -3.60. The van der Waals surface area contributed by atoms with E-state index in [4.69, 9.17) is 4.74 Å². The van der Waals surface area contributed by atoms with Gasteiger partial charge in [-0.2, -0.15) is 0 Å². The van der Waals surface area contributed by atoms with Crippen molar-refractivity contribution in [3.63, 3.8) is 0 Å². The van der Waals surface area contributed by atoms with Crippen molar-refractivity contribution >= 4 is 15.9 Å². The number of aliphatic hydroxyl groups is 1. The molecule has 3 N–H and O–H groups in total. The van der Waals surface area contributed by atoms with Crippen molar-refractivity contribution in [2.45, 2.75) is 49.3 Å². The minimum absolute atomic E-state index is 0.194. The Labute approximate surface area is 181 Å². The molecule has 0 saturated carbocycles. The van der Waals surface area contributed by atoms with Gasteiger partial charge in [0.2, 0.25) is 10.0 Å². The van der Waals surface area contributed by atoms with Crippen molar-refractivity contribution in [2.75, 3.05) is 13.2 Å². The molecule has 31 heavy (non-hydrogen) atoms. The summed E-state index contributed by atoms with van der Waals surface area (Å²) < 4.78 is 46.5. The SMILES string of the molecule is Cc1ccc(S(=O)(=O)NCC[C@@H]2CC[C@@H](NC(=O)c3cccc(F)c3)[C@H](CO)O2)cc1. The average molecular weight is 451 g/mol. The lowest BCUT2D eigenvalue weighted by Crippen LogP contribution is -2.51. The first-order valence-electron chi connectivity index (χ1n) is 10.2. The Bertz CT molecular complexity index is 997. The first kappa shape index (κ1) is 23.3. The second-order valence-corrected chi connectivity index (χ2v) is 9.41. The van der Waals surface area contributed by atoms with Crippen LogP contribution in [-0.4, -0.2) is 50.8 Å². The van der Waals surface area contributed by atoms with Gasteiger partial charge in [0.1, 0.15) is 11.9 Å². The third-order valence-corrected chi connectivity index (χ3v) is 6.77. The summed E-state index contributed by atoms with van der Waals surface area (Å²) in [5.74, 6) is -0.935. The summed E-state index contributed by atoms with van der Waals surface area (Å²) in [6.45, 7) is 1.79. The summed E-state index contributed by atoms with van der Waals surface area (Å²) in [6.07, 6.45) is 0.718. The number of hydrogen-bond donors (Lipinski definition) is 3. The van der Waals surface area contributed by atoms with Gasteiger partial charge in [-0.15, -0.1) is 0 Å². The Morgan fingerprint density at radius 3 is 2.61 bits per heavy atom. The first-order chi connectivity index (χ1) is 14.8. The van der Waals surface area contributed by atoms with Crippen LogP contribution in [0.2, 0.25) is 0 Å². The van der Waals surface area contributed by atoms with Gasteiger partial charge in [0.05, 0.1) is 23.6 Å². The van der Waals surface area contributed by atoms with Crippen LogP contribution in [0, 0.1) is 12.7 Å². The highest BCUT2D eigenvalue weighted by Gasteiger charge is 2.32. The average Bonchev–Trinajstić information content (AvgIpc) is 2.74. The number of carbonyl (C=O) groups excluding carboxylic acids is 1. The summed E-state index contributed by atoms with van der Waals surface area (Å²) in [5, 5.41) is 12.5. The monoisotopic (exact) mass is 450 g/mol. The smallest absolute Gasteiger partial charge is 0.251 e. The molecule has 2 aromatic carbocycles. The number of ether oxygens (including phenoxy) is 1. The largest absolute Gasteiger partial charge is 0.394 e. The van der Waals surface area contributed by atoms with Gasteiger partial charge in [-0.25, -0.2) is 17.5 Å². The van der Waals surface area contributed by atoms with Crippen LogP contribution in [0.15, 0.2) is 53.4 Å². The molecule has 1 aliphatic heterocycles. The molecule has 3 rings (SSSR count). The predicted octanol–water partition coefficient (Wildman–Crippen LogP) is 2.14. The van der Waals surface area contributed by atoms with Crippen LogP contribution in [0.1, 0.15) is 35.2 Å². The lowest BCUT2D eigenvalue weighted by atomic mass is 9.97. The van der Waals surface area contributed by atoms with E-state index in [1.165, 1.54) is 18.2 Å². The fraction of sp³-hybridized carbons (Fsp3) is 0.409. The normalized spacial score (nSPS) is 21.6. The Hall–Kier alpha value is -2.33. The number of halogens is 1. The van der Waals surface area contributed by atoms with Crippen molar-refractivity contribution in [1.29, 1.82) is 0 Å². The number of nitrogens with one attached hydrogen (secondary N) is 2. The number of aliphatic hydroxyl groups excluding tert-OH is 1. The molecule has 3 atom stereocenters. The maximum absolute atomic E-state index is 13.3. The molecular weight excluding hydrogens is 423 g/mol. The number of hydrogen-bond acceptors (Lipinski definition) is 5. The van der Waals surface area contributed by atoms with Crippen LogP contribution in [0.3, 0.4) is 0 Å². The molecule has 0 bridgehead atoms. The number of aryl methyl sites for hydroxylation is 1. The lowest BCUT2D eigenvalue weighted by Gasteiger charge is -2.36. The fourth-order valence-corrected chi connectivity index (χ4v) is 4.59. The Kier molecular flexibility index (Phi) is 7.77. The molecule has 1 saturated heterocycles. The molecule has 1 amide bonds. The van der Waals surface area contributed by atoms with Crippen LogP contribution in [0.5, 0.6) is 0 Å². The summed E-state index contributed by atoms with van der Waals surface area (Å²) in [7, 11) is -3.60. The second-order valence-electron chi connectivity index (χ2n) is 7.65. The van der Waals surface area contributed by atoms with E-state index in [0.717, 1.165) is 11.6 Å². The van der Waals surface area contributed by atoms with E-state index in [1.807, 2.05) is 6.92 Å². The zero-order valence-electron chi connectivity index (χ0n) is 17.3. The standard InChI is InChI=1S/C22H27FN2O5S/c1-15-5-8-19(9-6-15)31(28,29)24-12-11-18-7-10-20(21(14-26)30-18)25-22(27)16-3-2-4-17(23)13-16/h2-6,8-9,13,18,20-21,24,26H,7,10-12,14H2,1H3,(H,25,27)/t18-,20+,21-/m0/s1. The summed E-state index contributed by atoms with van der Waals surface area (Å²) in [4.78, 5) is 12.6. The summed E-state index contributed by atoms with van der Waals surface area (Å²) in [6, 6.07) is 11.6. The minimum Gasteiger partial charge on any atom is -0.394 e. The molecule has 0 aromatic heterocycles. The van der Waals surface area contributed by atoms with E-state index >= 15 is 0 Å². The number of amides is 1. The topological polar surface area (TPSA) is 105 Å². The molecule has 1 aliphatic rings. The highest BCUT2D eigenvalue weighted by atomic mass is 32.2. The Morgan fingerprint density at radius 2 is 1.94 bits per heavy atom. The molecule has 168 valence electrons. The lowest BCUT2D eigenvalue weighted by molar-refractivity contribution is -0.0891.